The van der Waals surface area contributed by atoms with E-state index in [-0.39, 0.29) is 0 Å². The van der Waals surface area contributed by atoms with Gasteiger partial charge in [-0.3, -0.25) is 0 Å². The lowest BCUT2D eigenvalue weighted by Crippen LogP contribution is -2.03. The molecule has 0 unspecified atom stereocenters. The van der Waals surface area contributed by atoms with Gasteiger partial charge in [-0.15, -0.1) is 0 Å². The number of nitrogen functional groups attached to an aromatic ring is 1. The quantitative estimate of drug-likeness (QED) is 0.655. The maximum Gasteiger partial charge on any atom is 0.0378 e. The molecule has 1 rings (SSSR count). The van der Waals surface area contributed by atoms with Crippen LogP contribution in [0.5, 0.6) is 0 Å². The van der Waals surface area contributed by atoms with Crippen LogP contribution in [0.3, 0.4) is 0 Å². The van der Waals surface area contributed by atoms with E-state index in [1.165, 1.54) is 27.8 Å². The highest BCUT2D eigenvalue weighted by Gasteiger charge is 2.10. The zero-order chi connectivity index (χ0) is 10.2. The molecule has 0 aliphatic rings. The van der Waals surface area contributed by atoms with Crippen LogP contribution in [0, 0.1) is 27.7 Å². The van der Waals surface area contributed by atoms with Crippen LogP contribution in [0.2, 0.25) is 0 Å². The first-order valence-electron chi connectivity index (χ1n) is 4.85. The molecule has 0 aliphatic heterocycles. The van der Waals surface area contributed by atoms with Gasteiger partial charge < -0.3 is 5.73 Å². The lowest BCUT2D eigenvalue weighted by molar-refractivity contribution is 1.05. The summed E-state index contributed by atoms with van der Waals surface area (Å²) in [5.74, 6) is 0. The Balaban J connectivity index is 3.56. The van der Waals surface area contributed by atoms with Crippen LogP contribution in [0.1, 0.15) is 34.7 Å². The van der Waals surface area contributed by atoms with E-state index in [1.54, 1.807) is 0 Å². The standard InChI is InChI=1S/C12H19N/c1-6-11-7(2)9(4)12(13)10(5)8(11)3/h6,13H2,1-5H3. The fourth-order valence-electron chi connectivity index (χ4n) is 1.95. The van der Waals surface area contributed by atoms with Gasteiger partial charge in [-0.1, -0.05) is 6.92 Å². The van der Waals surface area contributed by atoms with Gasteiger partial charge in [0.1, 0.15) is 0 Å². The third kappa shape index (κ3) is 1.43. The smallest absolute Gasteiger partial charge is 0.0378 e. The zero-order valence-electron chi connectivity index (χ0n) is 9.28. The molecular formula is C12H19N. The van der Waals surface area contributed by atoms with Crippen LogP contribution in [-0.4, -0.2) is 0 Å². The Labute approximate surface area is 81.0 Å². The van der Waals surface area contributed by atoms with Crippen molar-refractivity contribution in [1.29, 1.82) is 0 Å². The van der Waals surface area contributed by atoms with E-state index in [0.717, 1.165) is 12.1 Å². The highest BCUT2D eigenvalue weighted by molar-refractivity contribution is 5.62. The van der Waals surface area contributed by atoms with Crippen molar-refractivity contribution in [3.63, 3.8) is 0 Å². The summed E-state index contributed by atoms with van der Waals surface area (Å²) in [6.07, 6.45) is 1.10. The third-order valence-electron chi connectivity index (χ3n) is 3.19. The molecule has 0 heterocycles. The molecule has 0 spiro atoms. The summed E-state index contributed by atoms with van der Waals surface area (Å²) >= 11 is 0. The van der Waals surface area contributed by atoms with E-state index in [0.29, 0.717) is 0 Å². The molecule has 0 radical (unpaired) electrons. The second-order valence-electron chi connectivity index (χ2n) is 3.75. The van der Waals surface area contributed by atoms with Crippen LogP contribution >= 0.6 is 0 Å². The summed E-state index contributed by atoms with van der Waals surface area (Å²) in [6.45, 7) is 10.7. The van der Waals surface area contributed by atoms with Gasteiger partial charge >= 0.3 is 0 Å². The van der Waals surface area contributed by atoms with Crippen LogP contribution in [0.15, 0.2) is 0 Å². The first-order chi connectivity index (χ1) is 6.00. The predicted octanol–water partition coefficient (Wildman–Crippen LogP) is 3.06. The van der Waals surface area contributed by atoms with Crippen LogP contribution in [0.4, 0.5) is 5.69 Å². The van der Waals surface area contributed by atoms with Gasteiger partial charge in [-0.2, -0.15) is 0 Å². The van der Waals surface area contributed by atoms with Crippen LogP contribution < -0.4 is 5.73 Å². The predicted molar refractivity (Wildman–Crippen MR) is 59.2 cm³/mol. The molecule has 1 nitrogen and oxygen atoms in total. The Morgan fingerprint density at radius 2 is 1.23 bits per heavy atom. The Morgan fingerprint density at radius 1 is 0.846 bits per heavy atom. The van der Waals surface area contributed by atoms with E-state index in [4.69, 9.17) is 5.73 Å². The summed E-state index contributed by atoms with van der Waals surface area (Å²) in [5, 5.41) is 0. The molecule has 1 aromatic rings. The van der Waals surface area contributed by atoms with Gasteiger partial charge in [-0.25, -0.2) is 0 Å². The fourth-order valence-corrected chi connectivity index (χ4v) is 1.95. The molecule has 1 heteroatoms. The first kappa shape index (κ1) is 10.1. The highest BCUT2D eigenvalue weighted by atomic mass is 14.6. The fraction of sp³-hybridized carbons (Fsp3) is 0.500. The van der Waals surface area contributed by atoms with E-state index in [1.807, 2.05) is 0 Å². The summed E-state index contributed by atoms with van der Waals surface area (Å²) < 4.78 is 0. The van der Waals surface area contributed by atoms with Crippen molar-refractivity contribution < 1.29 is 0 Å². The molecule has 1 aromatic carbocycles. The maximum absolute atomic E-state index is 6.01. The molecule has 2 N–H and O–H groups in total. The van der Waals surface area contributed by atoms with E-state index < -0.39 is 0 Å². The molecule has 0 saturated heterocycles. The molecule has 13 heavy (non-hydrogen) atoms. The van der Waals surface area contributed by atoms with Crippen molar-refractivity contribution in [2.45, 2.75) is 41.0 Å². The van der Waals surface area contributed by atoms with Crippen molar-refractivity contribution >= 4 is 5.69 Å². The normalized spacial score (nSPS) is 10.5. The molecule has 0 atom stereocenters. The van der Waals surface area contributed by atoms with E-state index in [2.05, 4.69) is 34.6 Å². The number of hydrogen-bond acceptors (Lipinski definition) is 1. The molecule has 0 aliphatic carbocycles. The minimum absolute atomic E-state index is 0.965. The second kappa shape index (κ2) is 3.41. The van der Waals surface area contributed by atoms with Gasteiger partial charge in [0.2, 0.25) is 0 Å². The molecule has 72 valence electrons. The molecular weight excluding hydrogens is 158 g/mol. The Kier molecular flexibility index (Phi) is 2.65. The van der Waals surface area contributed by atoms with E-state index in [9.17, 15) is 0 Å². The average Bonchev–Trinajstić information content (AvgIpc) is 2.13. The summed E-state index contributed by atoms with van der Waals surface area (Å²) in [4.78, 5) is 0. The topological polar surface area (TPSA) is 26.0 Å². The SMILES string of the molecule is CCc1c(C)c(C)c(N)c(C)c1C. The molecule has 0 saturated carbocycles. The van der Waals surface area contributed by atoms with Crippen LogP contribution in [0.25, 0.3) is 0 Å². The Hall–Kier alpha value is -0.980. The monoisotopic (exact) mass is 177 g/mol. The zero-order valence-corrected chi connectivity index (χ0v) is 9.28. The van der Waals surface area contributed by atoms with Crippen molar-refractivity contribution in [1.82, 2.24) is 0 Å². The van der Waals surface area contributed by atoms with Gasteiger partial charge in [0.25, 0.3) is 0 Å². The largest absolute Gasteiger partial charge is 0.398 e. The van der Waals surface area contributed by atoms with Crippen molar-refractivity contribution in [2.24, 2.45) is 0 Å². The number of nitrogens with two attached hydrogens (primary N) is 1. The van der Waals surface area contributed by atoms with E-state index >= 15 is 0 Å². The van der Waals surface area contributed by atoms with Crippen molar-refractivity contribution in [3.05, 3.63) is 27.8 Å². The number of anilines is 1. The number of benzene rings is 1. The third-order valence-corrected chi connectivity index (χ3v) is 3.19. The second-order valence-corrected chi connectivity index (χ2v) is 3.75. The maximum atomic E-state index is 6.01. The molecule has 0 amide bonds. The highest BCUT2D eigenvalue weighted by Crippen LogP contribution is 2.28. The molecule has 0 aromatic heterocycles. The summed E-state index contributed by atoms with van der Waals surface area (Å²) in [7, 11) is 0. The number of rotatable bonds is 1. The van der Waals surface area contributed by atoms with Gasteiger partial charge in [0, 0.05) is 5.69 Å². The lowest BCUT2D eigenvalue weighted by atomic mass is 9.91. The lowest BCUT2D eigenvalue weighted by Gasteiger charge is -2.16. The van der Waals surface area contributed by atoms with Gasteiger partial charge in [0.15, 0.2) is 0 Å². The average molecular weight is 177 g/mol. The van der Waals surface area contributed by atoms with Gasteiger partial charge in [0.05, 0.1) is 0 Å². The molecule has 0 bridgehead atoms. The van der Waals surface area contributed by atoms with Gasteiger partial charge in [-0.05, 0) is 61.9 Å². The first-order valence-corrected chi connectivity index (χ1v) is 4.85. The number of hydrogen-bond donors (Lipinski definition) is 1. The minimum atomic E-state index is 0.965. The molecule has 0 fully saturated rings. The summed E-state index contributed by atoms with van der Waals surface area (Å²) in [6, 6.07) is 0. The van der Waals surface area contributed by atoms with Crippen molar-refractivity contribution in [2.75, 3.05) is 5.73 Å². The Bertz CT molecular complexity index is 308. The summed E-state index contributed by atoms with van der Waals surface area (Å²) in [5.41, 5.74) is 13.7. The van der Waals surface area contributed by atoms with Crippen LogP contribution in [-0.2, 0) is 6.42 Å². The Morgan fingerprint density at radius 3 is 1.54 bits per heavy atom. The minimum Gasteiger partial charge on any atom is -0.398 e. The van der Waals surface area contributed by atoms with Crippen molar-refractivity contribution in [3.8, 4) is 0 Å².